The van der Waals surface area contributed by atoms with Crippen LogP contribution in [-0.4, -0.2) is 52.1 Å². The van der Waals surface area contributed by atoms with Crippen LogP contribution < -0.4 is 19.7 Å². The van der Waals surface area contributed by atoms with Crippen molar-refractivity contribution in [2.75, 3.05) is 35.9 Å². The molecule has 0 radical (unpaired) electrons. The third-order valence-electron chi connectivity index (χ3n) is 6.16. The Kier molecular flexibility index (Phi) is 6.67. The van der Waals surface area contributed by atoms with Gasteiger partial charge in [0.25, 0.3) is 0 Å². The lowest BCUT2D eigenvalue weighted by atomic mass is 10.00. The molecule has 0 spiro atoms. The molecule has 3 aromatic rings. The molecule has 2 aromatic heterocycles. The molecule has 1 saturated heterocycles. The van der Waals surface area contributed by atoms with E-state index in [2.05, 4.69) is 27.3 Å². The molecule has 0 atom stereocenters. The van der Waals surface area contributed by atoms with E-state index in [-0.39, 0.29) is 24.2 Å². The van der Waals surface area contributed by atoms with Crippen LogP contribution in [0.5, 0.6) is 11.5 Å². The Morgan fingerprint density at radius 3 is 2.66 bits per heavy atom. The molecular formula is C24H27N5O5S. The number of furan rings is 1. The predicted molar refractivity (Wildman–Crippen MR) is 130 cm³/mol. The number of benzene rings is 1. The van der Waals surface area contributed by atoms with Crippen LogP contribution in [0.1, 0.15) is 42.8 Å². The quantitative estimate of drug-likeness (QED) is 0.367. The van der Waals surface area contributed by atoms with E-state index in [1.807, 2.05) is 16.7 Å². The number of ether oxygens (including phenoxy) is 2. The first-order valence-corrected chi connectivity index (χ1v) is 12.5. The molecule has 2 aliphatic heterocycles. The maximum Gasteiger partial charge on any atom is 0.234 e. The maximum absolute atomic E-state index is 12.8. The van der Waals surface area contributed by atoms with Crippen LogP contribution in [0.3, 0.4) is 0 Å². The molecule has 1 amide bonds. The summed E-state index contributed by atoms with van der Waals surface area (Å²) in [5.41, 5.74) is 0.766. The first kappa shape index (κ1) is 23.3. The highest BCUT2D eigenvalue weighted by atomic mass is 32.2. The number of carbonyl (C=O) groups is 2. The van der Waals surface area contributed by atoms with E-state index in [0.717, 1.165) is 37.6 Å². The highest BCUT2D eigenvalue weighted by Gasteiger charge is 2.24. The van der Waals surface area contributed by atoms with Gasteiger partial charge in [-0.1, -0.05) is 18.7 Å². The second-order valence-corrected chi connectivity index (χ2v) is 9.70. The molecule has 4 heterocycles. The molecule has 1 N–H and O–H groups in total. The smallest absolute Gasteiger partial charge is 0.234 e. The Balaban J connectivity index is 1.31. The highest BCUT2D eigenvalue weighted by molar-refractivity contribution is 7.99. The van der Waals surface area contributed by atoms with Crippen LogP contribution in [0.4, 0.5) is 11.6 Å². The van der Waals surface area contributed by atoms with Gasteiger partial charge in [-0.3, -0.25) is 14.2 Å². The number of rotatable bonds is 8. The van der Waals surface area contributed by atoms with Gasteiger partial charge in [0, 0.05) is 24.7 Å². The van der Waals surface area contributed by atoms with Gasteiger partial charge in [-0.2, -0.15) is 0 Å². The van der Waals surface area contributed by atoms with E-state index in [9.17, 15) is 9.59 Å². The predicted octanol–water partition coefficient (Wildman–Crippen LogP) is 3.82. The number of Topliss-reactive ketones (excluding diaryl/α,β-unsaturated/α-hetero) is 1. The van der Waals surface area contributed by atoms with Gasteiger partial charge in [0.1, 0.15) is 5.76 Å². The number of nitrogens with zero attached hydrogens (tertiary/aromatic N) is 4. The molecule has 184 valence electrons. The monoisotopic (exact) mass is 497 g/mol. The molecule has 0 bridgehead atoms. The van der Waals surface area contributed by atoms with E-state index in [1.165, 1.54) is 18.7 Å². The van der Waals surface area contributed by atoms with Crippen LogP contribution in [0.2, 0.25) is 0 Å². The summed E-state index contributed by atoms with van der Waals surface area (Å²) < 4.78 is 18.3. The number of nitrogens with one attached hydrogen (secondary N) is 1. The van der Waals surface area contributed by atoms with Crippen LogP contribution in [-0.2, 0) is 11.3 Å². The normalized spacial score (nSPS) is 15.4. The number of ketones is 1. The van der Waals surface area contributed by atoms with Gasteiger partial charge < -0.3 is 24.1 Å². The Bertz CT molecular complexity index is 1220. The number of carbonyl (C=O) groups excluding carboxylic acids is 2. The number of thioether (sulfide) groups is 1. The molecule has 2 aliphatic rings. The summed E-state index contributed by atoms with van der Waals surface area (Å²) >= 11 is 1.29. The highest BCUT2D eigenvalue weighted by Crippen LogP contribution is 2.37. The van der Waals surface area contributed by atoms with Gasteiger partial charge in [-0.25, -0.2) is 0 Å². The lowest BCUT2D eigenvalue weighted by molar-refractivity contribution is -0.113. The molecule has 35 heavy (non-hydrogen) atoms. The lowest BCUT2D eigenvalue weighted by Gasteiger charge is -2.31. The molecule has 1 fully saturated rings. The minimum absolute atomic E-state index is 0.0868. The van der Waals surface area contributed by atoms with Crippen LogP contribution in [0.15, 0.2) is 40.1 Å². The number of piperidine rings is 1. The summed E-state index contributed by atoms with van der Waals surface area (Å²) in [7, 11) is 0. The standard InChI is InChI=1S/C24H27N5O5S/c1-15-5-7-28(8-6-15)23-26-27-24(29(23)12-17-4-3-9-32-17)35-13-22(31)25-19-11-21-20(33-14-34-21)10-18(19)16(2)30/h3-4,9-11,15H,5-8,12-14H2,1-2H3,(H,25,31). The van der Waals surface area contributed by atoms with Crippen LogP contribution >= 0.6 is 11.8 Å². The lowest BCUT2D eigenvalue weighted by Crippen LogP contribution is -2.35. The second kappa shape index (κ2) is 10.0. The van der Waals surface area contributed by atoms with Crippen molar-refractivity contribution >= 4 is 35.1 Å². The summed E-state index contributed by atoms with van der Waals surface area (Å²) in [5.74, 6) is 2.91. The molecule has 5 rings (SSSR count). The van der Waals surface area contributed by atoms with Gasteiger partial charge in [0.15, 0.2) is 22.4 Å². The van der Waals surface area contributed by atoms with E-state index < -0.39 is 0 Å². The maximum atomic E-state index is 12.8. The minimum atomic E-state index is -0.266. The Morgan fingerprint density at radius 2 is 1.94 bits per heavy atom. The molecule has 0 unspecified atom stereocenters. The molecular weight excluding hydrogens is 470 g/mol. The number of fused-ring (bicyclic) bond motifs is 1. The molecule has 1 aromatic carbocycles. The third-order valence-corrected chi connectivity index (χ3v) is 7.12. The first-order valence-electron chi connectivity index (χ1n) is 11.6. The fourth-order valence-corrected chi connectivity index (χ4v) is 4.91. The van der Waals surface area contributed by atoms with Crippen molar-refractivity contribution in [3.63, 3.8) is 0 Å². The van der Waals surface area contributed by atoms with Crippen molar-refractivity contribution in [2.24, 2.45) is 5.92 Å². The summed E-state index contributed by atoms with van der Waals surface area (Å²) in [6.07, 6.45) is 3.85. The van der Waals surface area contributed by atoms with Gasteiger partial charge in [-0.05, 0) is 43.9 Å². The SMILES string of the molecule is CC(=O)c1cc2c(cc1NC(=O)CSc1nnc(N3CCC(C)CC3)n1Cc1ccco1)OCO2. The largest absolute Gasteiger partial charge is 0.467 e. The molecule has 0 saturated carbocycles. The topological polar surface area (TPSA) is 112 Å². The Hall–Kier alpha value is -3.47. The molecule has 10 nitrogen and oxygen atoms in total. The fraction of sp³-hybridized carbons (Fsp3) is 0.417. The van der Waals surface area contributed by atoms with E-state index in [1.54, 1.807) is 18.4 Å². The van der Waals surface area contributed by atoms with Crippen molar-refractivity contribution in [2.45, 2.75) is 38.4 Å². The Morgan fingerprint density at radius 1 is 1.17 bits per heavy atom. The number of amides is 1. The van der Waals surface area contributed by atoms with E-state index in [4.69, 9.17) is 13.9 Å². The Labute approximate surface area is 207 Å². The molecule has 0 aliphatic carbocycles. The molecule has 11 heteroatoms. The second-order valence-electron chi connectivity index (χ2n) is 8.76. The van der Waals surface area contributed by atoms with Crippen LogP contribution in [0, 0.1) is 5.92 Å². The van der Waals surface area contributed by atoms with Crippen molar-refractivity contribution in [3.8, 4) is 11.5 Å². The van der Waals surface area contributed by atoms with Gasteiger partial charge in [0.05, 0.1) is 24.2 Å². The van der Waals surface area contributed by atoms with Gasteiger partial charge >= 0.3 is 0 Å². The third kappa shape index (κ3) is 5.14. The van der Waals surface area contributed by atoms with E-state index >= 15 is 0 Å². The van der Waals surface area contributed by atoms with Crippen molar-refractivity contribution < 1.29 is 23.5 Å². The first-order chi connectivity index (χ1) is 17.0. The number of hydrogen-bond donors (Lipinski definition) is 1. The van der Waals surface area contributed by atoms with Crippen molar-refractivity contribution in [1.29, 1.82) is 0 Å². The average Bonchev–Trinajstić information content (AvgIpc) is 3.59. The summed E-state index contributed by atoms with van der Waals surface area (Å²) in [4.78, 5) is 27.2. The van der Waals surface area contributed by atoms with Crippen molar-refractivity contribution in [1.82, 2.24) is 14.8 Å². The fourth-order valence-electron chi connectivity index (χ4n) is 4.18. The average molecular weight is 498 g/mol. The van der Waals surface area contributed by atoms with E-state index in [0.29, 0.717) is 40.4 Å². The van der Waals surface area contributed by atoms with Gasteiger partial charge in [-0.15, -0.1) is 10.2 Å². The number of aromatic nitrogens is 3. The number of hydrogen-bond acceptors (Lipinski definition) is 9. The summed E-state index contributed by atoms with van der Waals surface area (Å²) in [6, 6.07) is 6.97. The number of anilines is 2. The zero-order valence-electron chi connectivity index (χ0n) is 19.7. The summed E-state index contributed by atoms with van der Waals surface area (Å²) in [5, 5.41) is 12.3. The van der Waals surface area contributed by atoms with Crippen LogP contribution in [0.25, 0.3) is 0 Å². The zero-order valence-corrected chi connectivity index (χ0v) is 20.5. The minimum Gasteiger partial charge on any atom is -0.467 e. The summed E-state index contributed by atoms with van der Waals surface area (Å²) in [6.45, 7) is 6.11. The van der Waals surface area contributed by atoms with Gasteiger partial charge in [0.2, 0.25) is 18.6 Å². The van der Waals surface area contributed by atoms with Crippen molar-refractivity contribution in [3.05, 3.63) is 41.9 Å². The zero-order chi connectivity index (χ0) is 24.4.